The second kappa shape index (κ2) is 7.91. The molecule has 1 saturated heterocycles. The lowest BCUT2D eigenvalue weighted by Gasteiger charge is -2.32. The number of carbonyl (C=O) groups excluding carboxylic acids is 1. The molecule has 1 saturated carbocycles. The fraction of sp³-hybridized carbons (Fsp3) is 0.684. The van der Waals surface area contributed by atoms with Crippen LogP contribution in [0, 0.1) is 11.8 Å². The molecule has 23 heavy (non-hydrogen) atoms. The summed E-state index contributed by atoms with van der Waals surface area (Å²) < 4.78 is 5.62. The number of rotatable bonds is 5. The molecule has 2 heterocycles. The summed E-state index contributed by atoms with van der Waals surface area (Å²) in [5.41, 5.74) is 1.16. The number of hydrogen-bond acceptors (Lipinski definition) is 3. The van der Waals surface area contributed by atoms with Gasteiger partial charge in [0.05, 0.1) is 12.0 Å². The van der Waals surface area contributed by atoms with Gasteiger partial charge in [0.1, 0.15) is 0 Å². The summed E-state index contributed by atoms with van der Waals surface area (Å²) in [7, 11) is 0. The number of pyridine rings is 1. The molecule has 2 atom stereocenters. The highest BCUT2D eigenvalue weighted by Crippen LogP contribution is 2.28. The van der Waals surface area contributed by atoms with Crippen molar-refractivity contribution in [3.63, 3.8) is 0 Å². The van der Waals surface area contributed by atoms with E-state index in [0.29, 0.717) is 19.1 Å². The quantitative estimate of drug-likeness (QED) is 0.836. The predicted molar refractivity (Wildman–Crippen MR) is 89.8 cm³/mol. The topological polar surface area (TPSA) is 42.4 Å². The van der Waals surface area contributed by atoms with Gasteiger partial charge >= 0.3 is 0 Å². The Bertz CT molecular complexity index is 499. The Hall–Kier alpha value is -1.42. The zero-order chi connectivity index (χ0) is 16.1. The van der Waals surface area contributed by atoms with Crippen molar-refractivity contribution in [3.05, 3.63) is 30.1 Å². The van der Waals surface area contributed by atoms with E-state index in [0.717, 1.165) is 18.5 Å². The molecule has 0 aromatic carbocycles. The molecule has 126 valence electrons. The molecule has 1 aromatic rings. The van der Waals surface area contributed by atoms with Crippen LogP contribution in [0.15, 0.2) is 24.5 Å². The van der Waals surface area contributed by atoms with Crippen molar-refractivity contribution in [1.29, 1.82) is 0 Å². The molecule has 1 amide bonds. The van der Waals surface area contributed by atoms with Gasteiger partial charge in [-0.15, -0.1) is 0 Å². The van der Waals surface area contributed by atoms with Crippen LogP contribution in [-0.2, 0) is 16.1 Å². The van der Waals surface area contributed by atoms with Gasteiger partial charge < -0.3 is 9.64 Å². The lowest BCUT2D eigenvalue weighted by atomic mass is 9.88. The average Bonchev–Trinajstić information content (AvgIpc) is 3.01. The second-order valence-electron chi connectivity index (χ2n) is 7.05. The van der Waals surface area contributed by atoms with Crippen molar-refractivity contribution in [2.75, 3.05) is 13.2 Å². The Morgan fingerprint density at radius 3 is 2.61 bits per heavy atom. The van der Waals surface area contributed by atoms with Gasteiger partial charge in [0.15, 0.2) is 0 Å². The first-order chi connectivity index (χ1) is 11.2. The fourth-order valence-corrected chi connectivity index (χ4v) is 3.91. The van der Waals surface area contributed by atoms with E-state index in [-0.39, 0.29) is 17.9 Å². The number of nitrogens with zero attached hydrogens (tertiary/aromatic N) is 2. The van der Waals surface area contributed by atoms with E-state index < -0.39 is 0 Å². The highest BCUT2D eigenvalue weighted by molar-refractivity contribution is 5.79. The van der Waals surface area contributed by atoms with E-state index in [2.05, 4.69) is 9.88 Å². The molecule has 2 fully saturated rings. The van der Waals surface area contributed by atoms with Crippen LogP contribution in [0.25, 0.3) is 0 Å². The summed E-state index contributed by atoms with van der Waals surface area (Å²) in [4.78, 5) is 19.2. The minimum absolute atomic E-state index is 0.0282. The van der Waals surface area contributed by atoms with Gasteiger partial charge in [0, 0.05) is 32.1 Å². The molecular weight excluding hydrogens is 288 g/mol. The molecule has 4 nitrogen and oxygen atoms in total. The molecule has 0 radical (unpaired) electrons. The van der Waals surface area contributed by atoms with E-state index >= 15 is 0 Å². The third-order valence-electron chi connectivity index (χ3n) is 5.33. The molecule has 0 N–H and O–H groups in total. The van der Waals surface area contributed by atoms with Crippen LogP contribution >= 0.6 is 0 Å². The van der Waals surface area contributed by atoms with Crippen LogP contribution in [0.1, 0.15) is 51.0 Å². The van der Waals surface area contributed by atoms with Gasteiger partial charge in [-0.1, -0.05) is 19.3 Å². The molecule has 1 aromatic heterocycles. The van der Waals surface area contributed by atoms with Gasteiger partial charge in [-0.25, -0.2) is 0 Å². The maximum Gasteiger partial charge on any atom is 0.228 e. The van der Waals surface area contributed by atoms with Crippen LogP contribution in [0.3, 0.4) is 0 Å². The molecule has 0 bridgehead atoms. The van der Waals surface area contributed by atoms with Crippen LogP contribution < -0.4 is 0 Å². The van der Waals surface area contributed by atoms with Gasteiger partial charge in [0.25, 0.3) is 0 Å². The summed E-state index contributed by atoms with van der Waals surface area (Å²) in [6.07, 6.45) is 11.0. The van der Waals surface area contributed by atoms with Crippen LogP contribution in [0.4, 0.5) is 0 Å². The van der Waals surface area contributed by atoms with Crippen molar-refractivity contribution in [2.24, 2.45) is 11.8 Å². The zero-order valence-corrected chi connectivity index (χ0v) is 14.1. The van der Waals surface area contributed by atoms with Crippen molar-refractivity contribution < 1.29 is 9.53 Å². The largest absolute Gasteiger partial charge is 0.378 e. The van der Waals surface area contributed by atoms with Crippen LogP contribution in [-0.4, -0.2) is 35.0 Å². The first-order valence-electron chi connectivity index (χ1n) is 9.03. The SMILES string of the molecule is CC1OCCC1C(=O)N(Cc1ccncc1)CC1CCCCC1. The summed E-state index contributed by atoms with van der Waals surface area (Å²) in [6.45, 7) is 4.33. The minimum atomic E-state index is 0.0282. The Balaban J connectivity index is 1.70. The smallest absolute Gasteiger partial charge is 0.228 e. The predicted octanol–water partition coefficient (Wildman–Crippen LogP) is 3.42. The van der Waals surface area contributed by atoms with Gasteiger partial charge in [-0.3, -0.25) is 9.78 Å². The third kappa shape index (κ3) is 4.31. The third-order valence-corrected chi connectivity index (χ3v) is 5.33. The van der Waals surface area contributed by atoms with Gasteiger partial charge in [-0.2, -0.15) is 0 Å². The Morgan fingerprint density at radius 2 is 1.96 bits per heavy atom. The Kier molecular flexibility index (Phi) is 5.65. The molecule has 1 aliphatic carbocycles. The van der Waals surface area contributed by atoms with E-state index in [9.17, 15) is 4.79 Å². The van der Waals surface area contributed by atoms with Crippen molar-refractivity contribution in [2.45, 2.75) is 58.1 Å². The average molecular weight is 316 g/mol. The van der Waals surface area contributed by atoms with E-state index in [1.807, 2.05) is 19.1 Å². The Morgan fingerprint density at radius 1 is 1.22 bits per heavy atom. The summed E-state index contributed by atoms with van der Waals surface area (Å²) in [6, 6.07) is 4.02. The molecular formula is C19H28N2O2. The maximum atomic E-state index is 13.1. The molecule has 0 spiro atoms. The maximum absolute atomic E-state index is 13.1. The standard InChI is InChI=1S/C19H28N2O2/c1-15-18(9-12-23-15)19(22)21(13-16-5-3-2-4-6-16)14-17-7-10-20-11-8-17/h7-8,10-11,15-16,18H,2-6,9,12-14H2,1H3. The molecule has 4 heteroatoms. The van der Waals surface area contributed by atoms with Gasteiger partial charge in [-0.05, 0) is 49.8 Å². The Labute approximate surface area is 139 Å². The summed E-state index contributed by atoms with van der Waals surface area (Å²) in [5.74, 6) is 0.963. The van der Waals surface area contributed by atoms with Gasteiger partial charge in [0.2, 0.25) is 5.91 Å². The number of ether oxygens (including phenoxy) is 1. The highest BCUT2D eigenvalue weighted by Gasteiger charge is 2.34. The first-order valence-corrected chi connectivity index (χ1v) is 9.03. The number of carbonyl (C=O) groups is 1. The number of amides is 1. The van der Waals surface area contributed by atoms with E-state index in [1.54, 1.807) is 12.4 Å². The second-order valence-corrected chi connectivity index (χ2v) is 7.05. The van der Waals surface area contributed by atoms with E-state index in [1.165, 1.54) is 32.1 Å². The summed E-state index contributed by atoms with van der Waals surface area (Å²) >= 11 is 0. The zero-order valence-electron chi connectivity index (χ0n) is 14.1. The van der Waals surface area contributed by atoms with Crippen LogP contribution in [0.2, 0.25) is 0 Å². The molecule has 3 rings (SSSR count). The van der Waals surface area contributed by atoms with Crippen LogP contribution in [0.5, 0.6) is 0 Å². The van der Waals surface area contributed by atoms with E-state index in [4.69, 9.17) is 4.74 Å². The fourth-order valence-electron chi connectivity index (χ4n) is 3.91. The lowest BCUT2D eigenvalue weighted by Crippen LogP contribution is -2.41. The molecule has 2 unspecified atom stereocenters. The van der Waals surface area contributed by atoms with Crippen molar-refractivity contribution >= 4 is 5.91 Å². The molecule has 1 aliphatic heterocycles. The first kappa shape index (κ1) is 16.4. The summed E-state index contributed by atoms with van der Waals surface area (Å²) in [5, 5.41) is 0. The highest BCUT2D eigenvalue weighted by atomic mass is 16.5. The number of aromatic nitrogens is 1. The van der Waals surface area contributed by atoms with Crippen molar-refractivity contribution in [3.8, 4) is 0 Å². The number of hydrogen-bond donors (Lipinski definition) is 0. The minimum Gasteiger partial charge on any atom is -0.378 e. The van der Waals surface area contributed by atoms with Crippen molar-refractivity contribution in [1.82, 2.24) is 9.88 Å². The normalized spacial score (nSPS) is 25.4. The lowest BCUT2D eigenvalue weighted by molar-refractivity contribution is -0.138. The molecule has 2 aliphatic rings. The monoisotopic (exact) mass is 316 g/mol.